The first-order valence-electron chi connectivity index (χ1n) is 19.1. The van der Waals surface area contributed by atoms with E-state index in [0.29, 0.717) is 0 Å². The van der Waals surface area contributed by atoms with Gasteiger partial charge in [-0.25, -0.2) is 0 Å². The summed E-state index contributed by atoms with van der Waals surface area (Å²) in [6, 6.07) is 58.8. The molecule has 0 bridgehead atoms. The van der Waals surface area contributed by atoms with Crippen LogP contribution in [0.3, 0.4) is 0 Å². The molecular formula is C53H39B. The second-order valence-corrected chi connectivity index (χ2v) is 15.4. The molecule has 0 aliphatic heterocycles. The van der Waals surface area contributed by atoms with E-state index < -0.39 is 0 Å². The van der Waals surface area contributed by atoms with Crippen LogP contribution >= 0.6 is 0 Å². The fourth-order valence-electron chi connectivity index (χ4n) is 9.79. The Bertz CT molecular complexity index is 2880. The van der Waals surface area contributed by atoms with Gasteiger partial charge in [0.25, 0.3) is 0 Å². The molecule has 10 rings (SSSR count). The van der Waals surface area contributed by atoms with Crippen molar-refractivity contribution in [2.75, 3.05) is 0 Å². The average molecular weight is 687 g/mol. The van der Waals surface area contributed by atoms with Gasteiger partial charge in [-0.2, -0.15) is 0 Å². The zero-order valence-corrected chi connectivity index (χ0v) is 30.9. The molecule has 0 radical (unpaired) electrons. The second-order valence-electron chi connectivity index (χ2n) is 15.4. The van der Waals surface area contributed by atoms with E-state index in [-0.39, 0.29) is 17.9 Å². The molecule has 2 aliphatic rings. The molecule has 0 aromatic heterocycles. The van der Waals surface area contributed by atoms with Gasteiger partial charge in [-0.1, -0.05) is 205 Å². The molecule has 2 atom stereocenters. The SMILES string of the molecule is CC1=CC=C2C=CC=CC2(C)C1B(c1cc#cc(-c2c3ccccc3c(-c3ccc4ccccc4c3)c3ccccc23)c1)c1c(C)ccc2ccccc12. The summed E-state index contributed by atoms with van der Waals surface area (Å²) in [6.07, 6.45) is 13.8. The van der Waals surface area contributed by atoms with Crippen molar-refractivity contribution >= 4 is 60.7 Å². The number of fused-ring (bicyclic) bond motifs is 5. The molecule has 0 N–H and O–H groups in total. The molecule has 0 saturated heterocycles. The lowest BCUT2D eigenvalue weighted by molar-refractivity contribution is 0.505. The molecule has 0 spiro atoms. The maximum Gasteiger partial charge on any atom is 0.219 e. The summed E-state index contributed by atoms with van der Waals surface area (Å²) in [5, 5.41) is 10.0. The molecule has 254 valence electrons. The molecule has 0 heterocycles. The van der Waals surface area contributed by atoms with E-state index in [0.717, 1.165) is 5.56 Å². The van der Waals surface area contributed by atoms with Crippen molar-refractivity contribution in [1.29, 1.82) is 0 Å². The Kier molecular flexibility index (Phi) is 7.57. The first-order chi connectivity index (χ1) is 26.5. The minimum absolute atomic E-state index is 0.0659. The highest BCUT2D eigenvalue weighted by molar-refractivity contribution is 6.89. The van der Waals surface area contributed by atoms with E-state index in [1.165, 1.54) is 87.4 Å². The van der Waals surface area contributed by atoms with Crippen LogP contribution in [0.2, 0.25) is 5.82 Å². The van der Waals surface area contributed by atoms with E-state index in [2.05, 4.69) is 209 Å². The Morgan fingerprint density at radius 1 is 0.593 bits per heavy atom. The van der Waals surface area contributed by atoms with Crippen LogP contribution in [0.5, 0.6) is 0 Å². The number of hydrogen-bond donors (Lipinski definition) is 0. The highest BCUT2D eigenvalue weighted by atomic mass is 14.4. The van der Waals surface area contributed by atoms with Gasteiger partial charge in [-0.3, -0.25) is 0 Å². The van der Waals surface area contributed by atoms with Gasteiger partial charge in [0.05, 0.1) is 0 Å². The first-order valence-corrected chi connectivity index (χ1v) is 19.1. The van der Waals surface area contributed by atoms with Crippen LogP contribution in [0.4, 0.5) is 0 Å². The molecule has 54 heavy (non-hydrogen) atoms. The van der Waals surface area contributed by atoms with Gasteiger partial charge in [-0.05, 0) is 91.6 Å². The van der Waals surface area contributed by atoms with Crippen LogP contribution in [0.1, 0.15) is 19.4 Å². The van der Waals surface area contributed by atoms with Crippen molar-refractivity contribution < 1.29 is 0 Å². The van der Waals surface area contributed by atoms with Gasteiger partial charge in [0.2, 0.25) is 6.71 Å². The molecule has 1 heteroatoms. The van der Waals surface area contributed by atoms with Crippen LogP contribution in [0, 0.1) is 24.5 Å². The van der Waals surface area contributed by atoms with Crippen LogP contribution in [-0.4, -0.2) is 6.71 Å². The second kappa shape index (κ2) is 12.7. The molecule has 0 nitrogen and oxygen atoms in total. The molecule has 0 amide bonds. The normalized spacial score (nSPS) is 17.7. The van der Waals surface area contributed by atoms with Crippen molar-refractivity contribution in [1.82, 2.24) is 0 Å². The Morgan fingerprint density at radius 3 is 1.96 bits per heavy atom. The van der Waals surface area contributed by atoms with E-state index in [1.807, 2.05) is 0 Å². The lowest BCUT2D eigenvalue weighted by Gasteiger charge is -2.44. The molecular weight excluding hydrogens is 647 g/mol. The predicted octanol–water partition coefficient (Wildman–Crippen LogP) is 12.5. The van der Waals surface area contributed by atoms with Gasteiger partial charge in [-0.15, -0.1) is 0 Å². The molecule has 8 aromatic carbocycles. The summed E-state index contributed by atoms with van der Waals surface area (Å²) < 4.78 is 0. The van der Waals surface area contributed by atoms with Crippen molar-refractivity contribution in [2.45, 2.75) is 26.6 Å². The third kappa shape index (κ3) is 5.02. The van der Waals surface area contributed by atoms with Crippen LogP contribution < -0.4 is 10.9 Å². The minimum atomic E-state index is -0.178. The smallest absolute Gasteiger partial charge is 0.0755 e. The summed E-state index contributed by atoms with van der Waals surface area (Å²) >= 11 is 0. The summed E-state index contributed by atoms with van der Waals surface area (Å²) in [7, 11) is 0. The minimum Gasteiger partial charge on any atom is -0.0755 e. The van der Waals surface area contributed by atoms with Crippen LogP contribution in [0.25, 0.3) is 65.3 Å². The molecule has 0 fully saturated rings. The van der Waals surface area contributed by atoms with Crippen molar-refractivity contribution in [2.24, 2.45) is 5.41 Å². The van der Waals surface area contributed by atoms with Crippen molar-refractivity contribution in [3.8, 4) is 22.3 Å². The van der Waals surface area contributed by atoms with E-state index in [4.69, 9.17) is 0 Å². The Morgan fingerprint density at radius 2 is 1.22 bits per heavy atom. The third-order valence-corrected chi connectivity index (χ3v) is 12.3. The van der Waals surface area contributed by atoms with E-state index in [1.54, 1.807) is 0 Å². The number of aryl methyl sites for hydroxylation is 1. The fourth-order valence-corrected chi connectivity index (χ4v) is 9.79. The average Bonchev–Trinajstić information content (AvgIpc) is 3.21. The lowest BCUT2D eigenvalue weighted by atomic mass is 9.26. The van der Waals surface area contributed by atoms with Crippen molar-refractivity contribution in [3.05, 3.63) is 205 Å². The zero-order chi connectivity index (χ0) is 36.4. The van der Waals surface area contributed by atoms with Gasteiger partial charge < -0.3 is 0 Å². The lowest BCUT2D eigenvalue weighted by Crippen LogP contribution is -2.53. The topological polar surface area (TPSA) is 0 Å². The van der Waals surface area contributed by atoms with Gasteiger partial charge in [0, 0.05) is 16.5 Å². The standard InChI is InChI=1S/C53H39B/c1-35-26-28-38-16-6-7-21-44(38)51(35)54(52-36(2)27-31-42-19-12-13-32-53(42,52)3)43-20-14-18-40(34-43)49-45-22-8-10-24-47(45)50(48-25-11-9-23-46(48)49)41-30-29-37-15-4-5-17-39(37)33-41/h4-13,15-17,19-34,52H,1-3H3. The van der Waals surface area contributed by atoms with Gasteiger partial charge in [0.15, 0.2) is 0 Å². The largest absolute Gasteiger partial charge is 0.219 e. The highest BCUT2D eigenvalue weighted by Gasteiger charge is 2.46. The third-order valence-electron chi connectivity index (χ3n) is 12.3. The summed E-state index contributed by atoms with van der Waals surface area (Å²) in [6.45, 7) is 7.11. The van der Waals surface area contributed by atoms with E-state index in [9.17, 15) is 0 Å². The van der Waals surface area contributed by atoms with Gasteiger partial charge in [0.1, 0.15) is 0 Å². The van der Waals surface area contributed by atoms with Gasteiger partial charge >= 0.3 is 0 Å². The Labute approximate surface area is 318 Å². The number of allylic oxidation sites excluding steroid dienone is 8. The Hall–Kier alpha value is -6.36. The molecule has 0 saturated carbocycles. The maximum atomic E-state index is 3.65. The highest BCUT2D eigenvalue weighted by Crippen LogP contribution is 2.52. The summed E-state index contributed by atoms with van der Waals surface area (Å²) in [5.74, 6) is 0.190. The molecule has 2 aliphatic carbocycles. The maximum absolute atomic E-state index is 3.65. The summed E-state index contributed by atoms with van der Waals surface area (Å²) in [4.78, 5) is 0. The van der Waals surface area contributed by atoms with Crippen LogP contribution in [0.15, 0.2) is 187 Å². The Balaban J connectivity index is 1.24. The number of rotatable bonds is 5. The van der Waals surface area contributed by atoms with Crippen LogP contribution in [-0.2, 0) is 0 Å². The quantitative estimate of drug-likeness (QED) is 0.125. The molecule has 2 unspecified atom stereocenters. The monoisotopic (exact) mass is 686 g/mol. The molecule has 8 aromatic rings. The van der Waals surface area contributed by atoms with Crippen molar-refractivity contribution in [3.63, 3.8) is 0 Å². The number of hydrogen-bond acceptors (Lipinski definition) is 0. The predicted molar refractivity (Wildman–Crippen MR) is 233 cm³/mol. The summed E-state index contributed by atoms with van der Waals surface area (Å²) in [5.41, 5.74) is 11.3. The number of benzene rings is 7. The zero-order valence-electron chi connectivity index (χ0n) is 30.9. The first kappa shape index (κ1) is 32.3. The van der Waals surface area contributed by atoms with E-state index >= 15 is 0 Å². The fraction of sp³-hybridized carbons (Fsp3) is 0.0943.